The van der Waals surface area contributed by atoms with Crippen LogP contribution in [-0.4, -0.2) is 12.1 Å². The molecule has 0 N–H and O–H groups in total. The van der Waals surface area contributed by atoms with Crippen molar-refractivity contribution in [2.24, 2.45) is 0 Å². The van der Waals surface area contributed by atoms with Gasteiger partial charge in [-0.15, -0.1) is 0 Å². The van der Waals surface area contributed by atoms with Crippen molar-refractivity contribution in [3.63, 3.8) is 0 Å². The maximum absolute atomic E-state index is 12.8. The smallest absolute Gasteiger partial charge is 0.347 e. The van der Waals surface area contributed by atoms with E-state index in [0.29, 0.717) is 17.1 Å². The van der Waals surface area contributed by atoms with E-state index in [-0.39, 0.29) is 11.5 Å². The summed E-state index contributed by atoms with van der Waals surface area (Å²) < 4.78 is 13.2. The molecule has 2 rings (SSSR count). The Morgan fingerprint density at radius 2 is 1.52 bits per heavy atom. The lowest BCUT2D eigenvalue weighted by atomic mass is 9.86. The van der Waals surface area contributed by atoms with E-state index in [1.54, 1.807) is 12.1 Å². The Morgan fingerprint density at radius 3 is 2.08 bits per heavy atom. The molecule has 0 saturated heterocycles. The third kappa shape index (κ3) is 5.32. The standard InChI is InChI=1S/C20H22Br2O3/c1-12(2)24-17-8-6-13(21)10-15(17)19(23)25-18-9-7-14(22)11-16(18)20(3,4)5/h6-12H,1-5H3. The first-order chi connectivity index (χ1) is 11.6. The van der Waals surface area contributed by atoms with Crippen LogP contribution in [0, 0.1) is 0 Å². The quantitative estimate of drug-likeness (QED) is 0.377. The summed E-state index contributed by atoms with van der Waals surface area (Å²) in [5, 5.41) is 0. The van der Waals surface area contributed by atoms with Crippen LogP contribution in [0.4, 0.5) is 0 Å². The fraction of sp³-hybridized carbons (Fsp3) is 0.350. The largest absolute Gasteiger partial charge is 0.490 e. The number of hydrogen-bond donors (Lipinski definition) is 0. The third-order valence-electron chi connectivity index (χ3n) is 3.48. The molecule has 134 valence electrons. The van der Waals surface area contributed by atoms with Gasteiger partial charge in [0.25, 0.3) is 0 Å². The molecule has 0 fully saturated rings. The van der Waals surface area contributed by atoms with Crippen LogP contribution in [0.25, 0.3) is 0 Å². The van der Waals surface area contributed by atoms with Crippen LogP contribution in [0.5, 0.6) is 11.5 Å². The van der Waals surface area contributed by atoms with E-state index in [1.807, 2.05) is 38.1 Å². The summed E-state index contributed by atoms with van der Waals surface area (Å²) in [6, 6.07) is 11.0. The summed E-state index contributed by atoms with van der Waals surface area (Å²) in [6.07, 6.45) is -0.0365. The maximum atomic E-state index is 12.8. The second kappa shape index (κ2) is 7.92. The van der Waals surface area contributed by atoms with Crippen LogP contribution in [0.3, 0.4) is 0 Å². The summed E-state index contributed by atoms with van der Waals surface area (Å²) in [5.74, 6) is 0.624. The molecule has 0 bridgehead atoms. The van der Waals surface area contributed by atoms with Crippen molar-refractivity contribution in [3.05, 3.63) is 56.5 Å². The van der Waals surface area contributed by atoms with Gasteiger partial charge in [0.05, 0.1) is 6.10 Å². The van der Waals surface area contributed by atoms with Crippen LogP contribution in [-0.2, 0) is 5.41 Å². The normalized spacial score (nSPS) is 11.5. The van der Waals surface area contributed by atoms with Gasteiger partial charge in [0.2, 0.25) is 0 Å². The van der Waals surface area contributed by atoms with E-state index >= 15 is 0 Å². The highest BCUT2D eigenvalue weighted by atomic mass is 79.9. The van der Waals surface area contributed by atoms with Gasteiger partial charge < -0.3 is 9.47 Å². The van der Waals surface area contributed by atoms with Gasteiger partial charge in [-0.1, -0.05) is 52.6 Å². The molecule has 0 unspecified atom stereocenters. The summed E-state index contributed by atoms with van der Waals surface area (Å²) in [6.45, 7) is 10.1. The Kier molecular flexibility index (Phi) is 6.33. The lowest BCUT2D eigenvalue weighted by Gasteiger charge is -2.23. The average molecular weight is 470 g/mol. The summed E-state index contributed by atoms with van der Waals surface area (Å²) in [4.78, 5) is 12.8. The Balaban J connectivity index is 2.40. The van der Waals surface area contributed by atoms with Crippen LogP contribution in [0.2, 0.25) is 0 Å². The van der Waals surface area contributed by atoms with E-state index in [0.717, 1.165) is 14.5 Å². The van der Waals surface area contributed by atoms with E-state index in [1.165, 1.54) is 0 Å². The monoisotopic (exact) mass is 468 g/mol. The first kappa shape index (κ1) is 20.0. The van der Waals surface area contributed by atoms with Crippen LogP contribution in [0.15, 0.2) is 45.3 Å². The van der Waals surface area contributed by atoms with Gasteiger partial charge in [-0.3, -0.25) is 0 Å². The molecule has 0 aromatic heterocycles. The molecule has 0 atom stereocenters. The summed E-state index contributed by atoms with van der Waals surface area (Å²) in [7, 11) is 0. The second-order valence-corrected chi connectivity index (χ2v) is 8.92. The number of carbonyl (C=O) groups excluding carboxylic acids is 1. The Hall–Kier alpha value is -1.33. The number of carbonyl (C=O) groups is 1. The number of rotatable bonds is 4. The summed E-state index contributed by atoms with van der Waals surface area (Å²) >= 11 is 6.88. The predicted molar refractivity (Wildman–Crippen MR) is 108 cm³/mol. The molecule has 0 aliphatic heterocycles. The molecule has 0 spiro atoms. The number of benzene rings is 2. The fourth-order valence-electron chi connectivity index (χ4n) is 2.35. The van der Waals surface area contributed by atoms with E-state index < -0.39 is 5.97 Å². The summed E-state index contributed by atoms with van der Waals surface area (Å²) in [5.41, 5.74) is 1.19. The SMILES string of the molecule is CC(C)Oc1ccc(Br)cc1C(=O)Oc1ccc(Br)cc1C(C)(C)C. The van der Waals surface area contributed by atoms with Crippen molar-refractivity contribution >= 4 is 37.8 Å². The van der Waals surface area contributed by atoms with Crippen LogP contribution in [0.1, 0.15) is 50.5 Å². The zero-order valence-corrected chi connectivity index (χ0v) is 18.2. The molecule has 0 radical (unpaired) electrons. The first-order valence-corrected chi connectivity index (χ1v) is 9.65. The number of esters is 1. The van der Waals surface area contributed by atoms with Crippen molar-refractivity contribution in [2.75, 3.05) is 0 Å². The lowest BCUT2D eigenvalue weighted by Crippen LogP contribution is -2.18. The molecule has 0 heterocycles. The molecule has 2 aromatic rings. The zero-order valence-electron chi connectivity index (χ0n) is 15.0. The molecule has 0 amide bonds. The highest BCUT2D eigenvalue weighted by molar-refractivity contribution is 9.10. The van der Waals surface area contributed by atoms with Crippen molar-refractivity contribution in [1.82, 2.24) is 0 Å². The number of hydrogen-bond acceptors (Lipinski definition) is 3. The van der Waals surface area contributed by atoms with Crippen LogP contribution < -0.4 is 9.47 Å². The Labute approximate surface area is 166 Å². The van der Waals surface area contributed by atoms with Gasteiger partial charge in [-0.2, -0.15) is 0 Å². The molecular weight excluding hydrogens is 448 g/mol. The van der Waals surface area contributed by atoms with Gasteiger partial charge in [0.15, 0.2) is 0 Å². The third-order valence-corrected chi connectivity index (χ3v) is 4.46. The minimum atomic E-state index is -0.440. The van der Waals surface area contributed by atoms with E-state index in [2.05, 4.69) is 52.6 Å². The van der Waals surface area contributed by atoms with Crippen molar-refractivity contribution in [1.29, 1.82) is 0 Å². The van der Waals surface area contributed by atoms with Gasteiger partial charge >= 0.3 is 5.97 Å². The van der Waals surface area contributed by atoms with E-state index in [4.69, 9.17) is 9.47 Å². The van der Waals surface area contributed by atoms with E-state index in [9.17, 15) is 4.79 Å². The zero-order chi connectivity index (χ0) is 18.8. The number of ether oxygens (including phenoxy) is 2. The minimum Gasteiger partial charge on any atom is -0.490 e. The average Bonchev–Trinajstić information content (AvgIpc) is 2.49. The van der Waals surface area contributed by atoms with Gasteiger partial charge in [-0.25, -0.2) is 4.79 Å². The number of halogens is 2. The molecule has 2 aromatic carbocycles. The molecule has 5 heteroatoms. The van der Waals surface area contributed by atoms with Crippen molar-refractivity contribution < 1.29 is 14.3 Å². The second-order valence-electron chi connectivity index (χ2n) is 7.09. The highest BCUT2D eigenvalue weighted by Gasteiger charge is 2.23. The fourth-order valence-corrected chi connectivity index (χ4v) is 3.07. The molecular formula is C20H22Br2O3. The molecule has 25 heavy (non-hydrogen) atoms. The molecule has 0 aliphatic rings. The first-order valence-electron chi connectivity index (χ1n) is 8.06. The molecule has 3 nitrogen and oxygen atoms in total. The Morgan fingerprint density at radius 1 is 0.960 bits per heavy atom. The molecule has 0 aliphatic carbocycles. The van der Waals surface area contributed by atoms with Crippen molar-refractivity contribution in [3.8, 4) is 11.5 Å². The topological polar surface area (TPSA) is 35.5 Å². The maximum Gasteiger partial charge on any atom is 0.347 e. The van der Waals surface area contributed by atoms with Gasteiger partial charge in [0.1, 0.15) is 17.1 Å². The minimum absolute atomic E-state index is 0.0365. The van der Waals surface area contributed by atoms with Crippen LogP contribution >= 0.6 is 31.9 Å². The van der Waals surface area contributed by atoms with Gasteiger partial charge in [-0.05, 0) is 55.7 Å². The highest BCUT2D eigenvalue weighted by Crippen LogP contribution is 2.35. The van der Waals surface area contributed by atoms with Crippen molar-refractivity contribution in [2.45, 2.75) is 46.1 Å². The van der Waals surface area contributed by atoms with Gasteiger partial charge in [0, 0.05) is 14.5 Å². The molecule has 0 saturated carbocycles. The predicted octanol–water partition coefficient (Wildman–Crippen LogP) is 6.52. The Bertz CT molecular complexity index is 777. The lowest BCUT2D eigenvalue weighted by molar-refractivity contribution is 0.0725.